The number of fused-ring (bicyclic) bond motifs is 1. The number of nitrogens with one attached hydrogen (secondary N) is 1. The van der Waals surface area contributed by atoms with E-state index < -0.39 is 0 Å². The molecule has 0 saturated carbocycles. The summed E-state index contributed by atoms with van der Waals surface area (Å²) in [4.78, 5) is 6.42. The van der Waals surface area contributed by atoms with Crippen LogP contribution in [-0.4, -0.2) is 11.5 Å². The third-order valence-corrected chi connectivity index (χ3v) is 5.45. The molecule has 0 bridgehead atoms. The summed E-state index contributed by atoms with van der Waals surface area (Å²) in [5, 5.41) is 4.88. The van der Waals surface area contributed by atoms with E-state index >= 15 is 0 Å². The molecule has 0 spiro atoms. The van der Waals surface area contributed by atoms with Crippen LogP contribution in [0.4, 0.5) is 0 Å². The van der Waals surface area contributed by atoms with Crippen LogP contribution in [0.3, 0.4) is 0 Å². The largest absolute Gasteiger partial charge is 0.309 e. The summed E-state index contributed by atoms with van der Waals surface area (Å²) in [5.41, 5.74) is 5.28. The molecule has 0 radical (unpaired) electrons. The Kier molecular flexibility index (Phi) is 4.41. The summed E-state index contributed by atoms with van der Waals surface area (Å²) < 4.78 is 0. The minimum absolute atomic E-state index is 0.519. The molecule has 0 fully saturated rings. The van der Waals surface area contributed by atoms with Gasteiger partial charge >= 0.3 is 0 Å². The van der Waals surface area contributed by atoms with Gasteiger partial charge in [0.25, 0.3) is 0 Å². The Morgan fingerprint density at radius 3 is 2.95 bits per heavy atom. The molecule has 3 rings (SSSR count). The van der Waals surface area contributed by atoms with E-state index in [1.54, 1.807) is 0 Å². The van der Waals surface area contributed by atoms with Crippen molar-refractivity contribution in [1.29, 1.82) is 0 Å². The van der Waals surface area contributed by atoms with E-state index in [0.29, 0.717) is 6.04 Å². The summed E-state index contributed by atoms with van der Waals surface area (Å²) in [7, 11) is 0. The average Bonchev–Trinajstić information content (AvgIpc) is 2.89. The first-order valence-corrected chi connectivity index (χ1v) is 8.81. The highest BCUT2D eigenvalue weighted by molar-refractivity contribution is 7.15. The first kappa shape index (κ1) is 14.7. The van der Waals surface area contributed by atoms with Gasteiger partial charge in [0.2, 0.25) is 0 Å². The summed E-state index contributed by atoms with van der Waals surface area (Å²) in [5.74, 6) is 0. The smallest absolute Gasteiger partial charge is 0.124 e. The molecular formula is C18H24N2S. The molecule has 1 aromatic carbocycles. The molecule has 0 aliphatic heterocycles. The van der Waals surface area contributed by atoms with Crippen molar-refractivity contribution in [1.82, 2.24) is 10.3 Å². The Morgan fingerprint density at radius 2 is 2.19 bits per heavy atom. The molecule has 1 aliphatic rings. The third-order valence-electron chi connectivity index (χ3n) is 4.20. The second kappa shape index (κ2) is 6.29. The highest BCUT2D eigenvalue weighted by atomic mass is 32.1. The Bertz CT molecular complexity index is 630. The van der Waals surface area contributed by atoms with E-state index in [0.717, 1.165) is 13.0 Å². The minimum atomic E-state index is 0.519. The monoisotopic (exact) mass is 300 g/mol. The quantitative estimate of drug-likeness (QED) is 0.877. The van der Waals surface area contributed by atoms with Gasteiger partial charge in [-0.2, -0.15) is 0 Å². The average molecular weight is 300 g/mol. The predicted octanol–water partition coefficient (Wildman–Crippen LogP) is 4.80. The van der Waals surface area contributed by atoms with Gasteiger partial charge in [-0.3, -0.25) is 0 Å². The molecule has 0 saturated heterocycles. The molecule has 2 nitrogen and oxygen atoms in total. The van der Waals surface area contributed by atoms with Crippen molar-refractivity contribution in [2.75, 3.05) is 6.54 Å². The molecular weight excluding hydrogens is 276 g/mol. The van der Waals surface area contributed by atoms with Gasteiger partial charge in [0.15, 0.2) is 0 Å². The Balaban J connectivity index is 1.94. The lowest BCUT2D eigenvalue weighted by Crippen LogP contribution is -2.24. The lowest BCUT2D eigenvalue weighted by atomic mass is 9.98. The van der Waals surface area contributed by atoms with E-state index in [-0.39, 0.29) is 0 Å². The fourth-order valence-electron chi connectivity index (χ4n) is 3.10. The molecule has 112 valence electrons. The zero-order valence-electron chi connectivity index (χ0n) is 13.2. The van der Waals surface area contributed by atoms with Crippen LogP contribution in [0.25, 0.3) is 10.6 Å². The summed E-state index contributed by atoms with van der Waals surface area (Å²) >= 11 is 1.89. The highest BCUT2D eigenvalue weighted by Gasteiger charge is 2.24. The summed E-state index contributed by atoms with van der Waals surface area (Å²) in [6.07, 6.45) is 4.83. The second-order valence-corrected chi connectivity index (χ2v) is 7.08. The first-order valence-electron chi connectivity index (χ1n) is 7.99. The van der Waals surface area contributed by atoms with E-state index in [9.17, 15) is 0 Å². The van der Waals surface area contributed by atoms with Gasteiger partial charge in [0.1, 0.15) is 5.01 Å². The molecule has 2 aromatic rings. The zero-order chi connectivity index (χ0) is 14.8. The van der Waals surface area contributed by atoms with Crippen LogP contribution in [0.5, 0.6) is 0 Å². The second-order valence-electron chi connectivity index (χ2n) is 6.05. The standard InChI is InChI=1S/C18H24N2S/c1-4-10-19-15-6-5-7-16-17(15)21-18(20-16)14-9-8-12(2)11-13(14)3/h8-9,11,15,19H,4-7,10H2,1-3H3. The van der Waals surface area contributed by atoms with Gasteiger partial charge < -0.3 is 5.32 Å². The summed E-state index contributed by atoms with van der Waals surface area (Å²) in [6, 6.07) is 7.19. The maximum Gasteiger partial charge on any atom is 0.124 e. The Morgan fingerprint density at radius 1 is 1.33 bits per heavy atom. The van der Waals surface area contributed by atoms with Gasteiger partial charge in [-0.15, -0.1) is 11.3 Å². The van der Waals surface area contributed by atoms with Crippen molar-refractivity contribution in [2.24, 2.45) is 0 Å². The molecule has 0 amide bonds. The maximum absolute atomic E-state index is 4.95. The van der Waals surface area contributed by atoms with Crippen molar-refractivity contribution in [3.8, 4) is 10.6 Å². The van der Waals surface area contributed by atoms with Crippen molar-refractivity contribution in [2.45, 2.75) is 52.5 Å². The molecule has 1 aromatic heterocycles. The van der Waals surface area contributed by atoms with Crippen LogP contribution in [0.15, 0.2) is 18.2 Å². The Hall–Kier alpha value is -1.19. The maximum atomic E-state index is 4.95. The van der Waals surface area contributed by atoms with E-state index in [2.05, 4.69) is 44.3 Å². The van der Waals surface area contributed by atoms with Crippen LogP contribution in [0.2, 0.25) is 0 Å². The minimum Gasteiger partial charge on any atom is -0.309 e. The number of thiazole rings is 1. The topological polar surface area (TPSA) is 24.9 Å². The molecule has 21 heavy (non-hydrogen) atoms. The highest BCUT2D eigenvalue weighted by Crippen LogP contribution is 2.38. The van der Waals surface area contributed by atoms with Crippen molar-refractivity contribution < 1.29 is 0 Å². The third kappa shape index (κ3) is 3.04. The number of rotatable bonds is 4. The van der Waals surface area contributed by atoms with E-state index in [4.69, 9.17) is 4.98 Å². The molecule has 1 N–H and O–H groups in total. The van der Waals surface area contributed by atoms with Crippen LogP contribution in [0, 0.1) is 13.8 Å². The van der Waals surface area contributed by atoms with Crippen LogP contribution < -0.4 is 5.32 Å². The molecule has 3 heteroatoms. The molecule has 1 aliphatic carbocycles. The number of nitrogens with zero attached hydrogens (tertiary/aromatic N) is 1. The number of benzene rings is 1. The molecule has 1 unspecified atom stereocenters. The van der Waals surface area contributed by atoms with Gasteiger partial charge in [-0.25, -0.2) is 4.98 Å². The van der Waals surface area contributed by atoms with Crippen molar-refractivity contribution >= 4 is 11.3 Å². The first-order chi connectivity index (χ1) is 10.2. The van der Waals surface area contributed by atoms with Gasteiger partial charge in [-0.05, 0) is 51.6 Å². The molecule has 1 atom stereocenters. The fraction of sp³-hybridized carbons (Fsp3) is 0.500. The fourth-order valence-corrected chi connectivity index (χ4v) is 4.41. The van der Waals surface area contributed by atoms with Gasteiger partial charge in [0.05, 0.1) is 5.69 Å². The lowest BCUT2D eigenvalue weighted by molar-refractivity contribution is 0.465. The number of aryl methyl sites for hydroxylation is 3. The molecule has 1 heterocycles. The van der Waals surface area contributed by atoms with Crippen LogP contribution in [-0.2, 0) is 6.42 Å². The SMILES string of the molecule is CCCNC1CCCc2nc(-c3ccc(C)cc3C)sc21. The Labute approximate surface area is 131 Å². The van der Waals surface area contributed by atoms with Crippen molar-refractivity contribution in [3.05, 3.63) is 39.9 Å². The number of hydrogen-bond acceptors (Lipinski definition) is 3. The zero-order valence-corrected chi connectivity index (χ0v) is 14.0. The predicted molar refractivity (Wildman–Crippen MR) is 91.0 cm³/mol. The van der Waals surface area contributed by atoms with E-state index in [1.165, 1.54) is 51.5 Å². The number of hydrogen-bond donors (Lipinski definition) is 1. The number of aromatic nitrogens is 1. The normalized spacial score (nSPS) is 17.8. The van der Waals surface area contributed by atoms with Crippen LogP contribution in [0.1, 0.15) is 53.9 Å². The lowest BCUT2D eigenvalue weighted by Gasteiger charge is -2.22. The van der Waals surface area contributed by atoms with E-state index in [1.807, 2.05) is 11.3 Å². The van der Waals surface area contributed by atoms with Crippen LogP contribution >= 0.6 is 11.3 Å². The van der Waals surface area contributed by atoms with Gasteiger partial charge in [0, 0.05) is 16.5 Å². The summed E-state index contributed by atoms with van der Waals surface area (Å²) in [6.45, 7) is 7.66. The van der Waals surface area contributed by atoms with Gasteiger partial charge in [-0.1, -0.05) is 30.7 Å². The van der Waals surface area contributed by atoms with Crippen molar-refractivity contribution in [3.63, 3.8) is 0 Å².